The molecule has 0 unspecified atom stereocenters. The fourth-order valence-corrected chi connectivity index (χ4v) is 3.47. The number of thioether (sulfide) groups is 1. The zero-order chi connectivity index (χ0) is 19.1. The first-order valence-corrected chi connectivity index (χ1v) is 9.50. The van der Waals surface area contributed by atoms with Crippen molar-refractivity contribution < 1.29 is 14.6 Å². The normalized spacial score (nSPS) is 10.9. The van der Waals surface area contributed by atoms with Crippen LogP contribution in [0.2, 0.25) is 0 Å². The summed E-state index contributed by atoms with van der Waals surface area (Å²) in [6.07, 6.45) is 3.30. The number of rotatable bonds is 7. The summed E-state index contributed by atoms with van der Waals surface area (Å²) in [4.78, 5) is 13.4. The minimum atomic E-state index is -0.113. The van der Waals surface area contributed by atoms with Gasteiger partial charge in [0, 0.05) is 21.8 Å². The molecule has 0 aromatic heterocycles. The minimum absolute atomic E-state index is 0.113. The second-order valence-electron chi connectivity index (χ2n) is 5.92. The molecule has 0 saturated heterocycles. The summed E-state index contributed by atoms with van der Waals surface area (Å²) >= 11 is 1.75. The molecule has 0 heterocycles. The van der Waals surface area contributed by atoms with Gasteiger partial charge in [0.05, 0.1) is 7.11 Å². The SMILES string of the molecule is COc1cc(/C=C/C(=O)c2ccc(O)cc2)ccc1CSc1ccccc1. The van der Waals surface area contributed by atoms with Crippen molar-refractivity contribution in [3.8, 4) is 11.5 Å². The molecular formula is C23H20O3S. The molecule has 3 aromatic rings. The van der Waals surface area contributed by atoms with Crippen LogP contribution in [0.15, 0.2) is 83.8 Å². The molecule has 0 aliphatic carbocycles. The third-order valence-electron chi connectivity index (χ3n) is 4.03. The number of methoxy groups -OCH3 is 1. The van der Waals surface area contributed by atoms with Gasteiger partial charge >= 0.3 is 0 Å². The van der Waals surface area contributed by atoms with Gasteiger partial charge in [-0.2, -0.15) is 0 Å². The van der Waals surface area contributed by atoms with Crippen LogP contribution in [0, 0.1) is 0 Å². The van der Waals surface area contributed by atoms with E-state index in [0.29, 0.717) is 5.56 Å². The van der Waals surface area contributed by atoms with Crippen LogP contribution >= 0.6 is 11.8 Å². The highest BCUT2D eigenvalue weighted by Crippen LogP contribution is 2.29. The largest absolute Gasteiger partial charge is 0.508 e. The van der Waals surface area contributed by atoms with E-state index in [2.05, 4.69) is 12.1 Å². The number of allylic oxidation sites excluding steroid dienone is 1. The van der Waals surface area contributed by atoms with Crippen molar-refractivity contribution >= 4 is 23.6 Å². The van der Waals surface area contributed by atoms with Gasteiger partial charge in [-0.05, 0) is 54.1 Å². The number of carbonyl (C=O) groups is 1. The number of carbonyl (C=O) groups excluding carboxylic acids is 1. The Balaban J connectivity index is 1.69. The Morgan fingerprint density at radius 2 is 1.78 bits per heavy atom. The topological polar surface area (TPSA) is 46.5 Å². The van der Waals surface area contributed by atoms with Crippen molar-refractivity contribution in [2.24, 2.45) is 0 Å². The van der Waals surface area contributed by atoms with Crippen LogP contribution in [0.1, 0.15) is 21.5 Å². The number of ketones is 1. The summed E-state index contributed by atoms with van der Waals surface area (Å²) in [5.41, 5.74) is 2.53. The summed E-state index contributed by atoms with van der Waals surface area (Å²) in [7, 11) is 1.65. The lowest BCUT2D eigenvalue weighted by Crippen LogP contribution is -1.94. The third kappa shape index (κ3) is 5.25. The molecular weight excluding hydrogens is 356 g/mol. The highest BCUT2D eigenvalue weighted by molar-refractivity contribution is 7.98. The van der Waals surface area contributed by atoms with Crippen LogP contribution in [-0.2, 0) is 5.75 Å². The first-order chi connectivity index (χ1) is 13.2. The van der Waals surface area contributed by atoms with E-state index >= 15 is 0 Å². The maximum atomic E-state index is 12.2. The maximum absolute atomic E-state index is 12.2. The Bertz CT molecular complexity index is 932. The van der Waals surface area contributed by atoms with Gasteiger partial charge in [0.15, 0.2) is 5.78 Å². The van der Waals surface area contributed by atoms with Crippen molar-refractivity contribution in [2.75, 3.05) is 7.11 Å². The Labute approximate surface area is 163 Å². The van der Waals surface area contributed by atoms with Crippen molar-refractivity contribution in [3.05, 3.63) is 95.6 Å². The molecule has 0 bridgehead atoms. The van der Waals surface area contributed by atoms with Gasteiger partial charge in [-0.15, -0.1) is 11.8 Å². The molecule has 0 amide bonds. The fraction of sp³-hybridized carbons (Fsp3) is 0.0870. The standard InChI is InChI=1S/C23H20O3S/c1-26-23-15-17(8-14-22(25)18-10-12-20(24)13-11-18)7-9-19(23)16-27-21-5-3-2-4-6-21/h2-15,24H,16H2,1H3/b14-8+. The summed E-state index contributed by atoms with van der Waals surface area (Å²) in [6.45, 7) is 0. The van der Waals surface area contributed by atoms with E-state index in [-0.39, 0.29) is 11.5 Å². The van der Waals surface area contributed by atoms with E-state index in [1.54, 1.807) is 37.1 Å². The van der Waals surface area contributed by atoms with Crippen LogP contribution < -0.4 is 4.74 Å². The Kier molecular flexibility index (Phi) is 6.34. The number of hydrogen-bond donors (Lipinski definition) is 1. The lowest BCUT2D eigenvalue weighted by Gasteiger charge is -2.09. The molecule has 0 saturated carbocycles. The molecule has 0 aliphatic heterocycles. The predicted octanol–water partition coefficient (Wildman–Crippen LogP) is 5.59. The molecule has 0 atom stereocenters. The summed E-state index contributed by atoms with van der Waals surface area (Å²) in [5, 5.41) is 9.30. The minimum Gasteiger partial charge on any atom is -0.508 e. The average molecular weight is 376 g/mol. The van der Waals surface area contributed by atoms with Gasteiger partial charge < -0.3 is 9.84 Å². The highest BCUT2D eigenvalue weighted by Gasteiger charge is 2.06. The lowest BCUT2D eigenvalue weighted by atomic mass is 10.1. The number of aromatic hydroxyl groups is 1. The van der Waals surface area contributed by atoms with Crippen molar-refractivity contribution in [1.29, 1.82) is 0 Å². The summed E-state index contributed by atoms with van der Waals surface area (Å²) in [6, 6.07) is 22.4. The average Bonchev–Trinajstić information content (AvgIpc) is 2.72. The van der Waals surface area contributed by atoms with Crippen molar-refractivity contribution in [3.63, 3.8) is 0 Å². The molecule has 3 rings (SSSR count). The van der Waals surface area contributed by atoms with E-state index in [1.165, 1.54) is 23.1 Å². The van der Waals surface area contributed by atoms with Gasteiger partial charge in [0.1, 0.15) is 11.5 Å². The van der Waals surface area contributed by atoms with E-state index in [4.69, 9.17) is 4.74 Å². The van der Waals surface area contributed by atoms with Crippen molar-refractivity contribution in [1.82, 2.24) is 0 Å². The van der Waals surface area contributed by atoms with Gasteiger partial charge in [0.25, 0.3) is 0 Å². The Morgan fingerprint density at radius 3 is 2.48 bits per heavy atom. The van der Waals surface area contributed by atoms with E-state index in [0.717, 1.165) is 22.6 Å². The number of phenolic OH excluding ortho intramolecular Hbond substituents is 1. The molecule has 3 aromatic carbocycles. The fourth-order valence-electron chi connectivity index (χ4n) is 2.56. The van der Waals surface area contributed by atoms with Crippen LogP contribution in [-0.4, -0.2) is 18.0 Å². The molecule has 0 radical (unpaired) electrons. The molecule has 1 N–H and O–H groups in total. The van der Waals surface area contributed by atoms with Gasteiger partial charge in [-0.1, -0.05) is 36.4 Å². The van der Waals surface area contributed by atoms with Gasteiger partial charge in [-0.25, -0.2) is 0 Å². The zero-order valence-electron chi connectivity index (χ0n) is 15.0. The first kappa shape index (κ1) is 18.8. The number of benzene rings is 3. The molecule has 3 nitrogen and oxygen atoms in total. The third-order valence-corrected chi connectivity index (χ3v) is 5.09. The molecule has 0 fully saturated rings. The molecule has 27 heavy (non-hydrogen) atoms. The molecule has 4 heteroatoms. The second kappa shape index (κ2) is 9.10. The van der Waals surface area contributed by atoms with E-state index in [9.17, 15) is 9.90 Å². The first-order valence-electron chi connectivity index (χ1n) is 8.52. The molecule has 0 aliphatic rings. The van der Waals surface area contributed by atoms with Gasteiger partial charge in [-0.3, -0.25) is 4.79 Å². The van der Waals surface area contributed by atoms with Crippen LogP contribution in [0.5, 0.6) is 11.5 Å². The highest BCUT2D eigenvalue weighted by atomic mass is 32.2. The maximum Gasteiger partial charge on any atom is 0.185 e. The van der Waals surface area contributed by atoms with Crippen molar-refractivity contribution in [2.45, 2.75) is 10.6 Å². The Morgan fingerprint density at radius 1 is 1.04 bits per heavy atom. The lowest BCUT2D eigenvalue weighted by molar-refractivity contribution is 0.104. The molecule has 0 spiro atoms. The molecule has 136 valence electrons. The van der Waals surface area contributed by atoms with Crippen LogP contribution in [0.4, 0.5) is 0 Å². The number of phenols is 1. The zero-order valence-corrected chi connectivity index (χ0v) is 15.8. The Hall–Kier alpha value is -2.98. The van der Waals surface area contributed by atoms with Crippen LogP contribution in [0.3, 0.4) is 0 Å². The van der Waals surface area contributed by atoms with Crippen LogP contribution in [0.25, 0.3) is 6.08 Å². The number of ether oxygens (including phenoxy) is 1. The smallest absolute Gasteiger partial charge is 0.185 e. The summed E-state index contributed by atoms with van der Waals surface area (Å²) in [5.74, 6) is 1.64. The van der Waals surface area contributed by atoms with Gasteiger partial charge in [0.2, 0.25) is 0 Å². The summed E-state index contributed by atoms with van der Waals surface area (Å²) < 4.78 is 5.52. The van der Waals surface area contributed by atoms with E-state index < -0.39 is 0 Å². The quantitative estimate of drug-likeness (QED) is 0.332. The predicted molar refractivity (Wildman–Crippen MR) is 110 cm³/mol. The second-order valence-corrected chi connectivity index (χ2v) is 6.97. The number of hydrogen-bond acceptors (Lipinski definition) is 4. The van der Waals surface area contributed by atoms with E-state index in [1.807, 2.05) is 36.4 Å². The monoisotopic (exact) mass is 376 g/mol.